The Bertz CT molecular complexity index is 526. The highest BCUT2D eigenvalue weighted by Crippen LogP contribution is 2.09. The minimum absolute atomic E-state index is 0.0449. The minimum atomic E-state index is 0.0449. The SMILES string of the molecule is Cc1n[nH]c(C)c1CC(=O)NCCc1ccccc1. The van der Waals surface area contributed by atoms with E-state index in [1.54, 1.807) is 0 Å². The maximum absolute atomic E-state index is 11.9. The molecule has 2 aromatic rings. The highest BCUT2D eigenvalue weighted by atomic mass is 16.1. The van der Waals surface area contributed by atoms with Gasteiger partial charge in [0.15, 0.2) is 0 Å². The number of amides is 1. The van der Waals surface area contributed by atoms with Crippen molar-refractivity contribution in [3.8, 4) is 0 Å². The van der Waals surface area contributed by atoms with Crippen LogP contribution < -0.4 is 5.32 Å². The number of nitrogens with one attached hydrogen (secondary N) is 2. The Morgan fingerprint density at radius 2 is 2.00 bits per heavy atom. The summed E-state index contributed by atoms with van der Waals surface area (Å²) in [5, 5.41) is 9.93. The van der Waals surface area contributed by atoms with E-state index in [0.29, 0.717) is 13.0 Å². The molecule has 0 bridgehead atoms. The molecule has 19 heavy (non-hydrogen) atoms. The normalized spacial score (nSPS) is 10.4. The summed E-state index contributed by atoms with van der Waals surface area (Å²) in [5.41, 5.74) is 4.10. The highest BCUT2D eigenvalue weighted by Gasteiger charge is 2.10. The van der Waals surface area contributed by atoms with Crippen molar-refractivity contribution in [3.63, 3.8) is 0 Å². The Kier molecular flexibility index (Phi) is 4.34. The van der Waals surface area contributed by atoms with Crippen molar-refractivity contribution < 1.29 is 4.79 Å². The summed E-state index contributed by atoms with van der Waals surface area (Å²) in [4.78, 5) is 11.9. The van der Waals surface area contributed by atoms with Crippen LogP contribution >= 0.6 is 0 Å². The van der Waals surface area contributed by atoms with Crippen molar-refractivity contribution in [2.45, 2.75) is 26.7 Å². The smallest absolute Gasteiger partial charge is 0.224 e. The van der Waals surface area contributed by atoms with Crippen LogP contribution in [0.15, 0.2) is 30.3 Å². The zero-order chi connectivity index (χ0) is 13.7. The number of nitrogens with zero attached hydrogens (tertiary/aromatic N) is 1. The molecule has 2 N–H and O–H groups in total. The summed E-state index contributed by atoms with van der Waals surface area (Å²) in [7, 11) is 0. The van der Waals surface area contributed by atoms with Gasteiger partial charge in [-0.15, -0.1) is 0 Å². The Balaban J connectivity index is 1.79. The standard InChI is InChI=1S/C15H19N3O/c1-11-14(12(2)18-17-11)10-15(19)16-9-8-13-6-4-3-5-7-13/h3-7H,8-10H2,1-2H3,(H,16,19)(H,17,18). The molecule has 1 aromatic heterocycles. The largest absolute Gasteiger partial charge is 0.355 e. The lowest BCUT2D eigenvalue weighted by atomic mass is 10.1. The maximum Gasteiger partial charge on any atom is 0.224 e. The molecule has 0 aliphatic heterocycles. The molecule has 1 heterocycles. The third-order valence-electron chi connectivity index (χ3n) is 3.20. The predicted molar refractivity (Wildman–Crippen MR) is 74.9 cm³/mol. The molecular formula is C15H19N3O. The number of carbonyl (C=O) groups excluding carboxylic acids is 1. The van der Waals surface area contributed by atoms with E-state index in [2.05, 4.69) is 27.6 Å². The number of benzene rings is 1. The van der Waals surface area contributed by atoms with Crippen molar-refractivity contribution in [3.05, 3.63) is 52.8 Å². The zero-order valence-corrected chi connectivity index (χ0v) is 11.4. The van der Waals surface area contributed by atoms with E-state index < -0.39 is 0 Å². The Labute approximate surface area is 113 Å². The number of H-pyrrole nitrogens is 1. The third kappa shape index (κ3) is 3.68. The fraction of sp³-hybridized carbons (Fsp3) is 0.333. The number of aryl methyl sites for hydroxylation is 2. The lowest BCUT2D eigenvalue weighted by Gasteiger charge is -2.05. The van der Waals surface area contributed by atoms with E-state index in [9.17, 15) is 4.79 Å². The number of aromatic nitrogens is 2. The number of rotatable bonds is 5. The van der Waals surface area contributed by atoms with E-state index in [1.165, 1.54) is 5.56 Å². The van der Waals surface area contributed by atoms with Crippen LogP contribution in [0.25, 0.3) is 0 Å². The van der Waals surface area contributed by atoms with E-state index >= 15 is 0 Å². The van der Waals surface area contributed by atoms with Gasteiger partial charge in [0.25, 0.3) is 0 Å². The van der Waals surface area contributed by atoms with Gasteiger partial charge >= 0.3 is 0 Å². The monoisotopic (exact) mass is 257 g/mol. The minimum Gasteiger partial charge on any atom is -0.355 e. The molecule has 0 aliphatic rings. The summed E-state index contributed by atoms with van der Waals surface area (Å²) in [5.74, 6) is 0.0449. The zero-order valence-electron chi connectivity index (χ0n) is 11.4. The van der Waals surface area contributed by atoms with Crippen molar-refractivity contribution >= 4 is 5.91 Å². The van der Waals surface area contributed by atoms with Gasteiger partial charge in [-0.1, -0.05) is 30.3 Å². The molecule has 0 saturated heterocycles. The summed E-state index contributed by atoms with van der Waals surface area (Å²) in [6.07, 6.45) is 1.25. The molecule has 1 aromatic carbocycles. The van der Waals surface area contributed by atoms with Gasteiger partial charge < -0.3 is 5.32 Å². The molecule has 0 radical (unpaired) electrons. The average molecular weight is 257 g/mol. The van der Waals surface area contributed by atoms with Gasteiger partial charge in [0.2, 0.25) is 5.91 Å². The third-order valence-corrected chi connectivity index (χ3v) is 3.20. The van der Waals surface area contributed by atoms with Gasteiger partial charge in [-0.3, -0.25) is 9.89 Å². The van der Waals surface area contributed by atoms with Crippen LogP contribution in [0.1, 0.15) is 22.5 Å². The Hall–Kier alpha value is -2.10. The predicted octanol–water partition coefficient (Wildman–Crippen LogP) is 1.93. The van der Waals surface area contributed by atoms with E-state index in [0.717, 1.165) is 23.4 Å². The van der Waals surface area contributed by atoms with Gasteiger partial charge in [0.1, 0.15) is 0 Å². The van der Waals surface area contributed by atoms with Gasteiger partial charge in [-0.05, 0) is 25.8 Å². The van der Waals surface area contributed by atoms with Crippen molar-refractivity contribution in [1.82, 2.24) is 15.5 Å². The molecule has 0 fully saturated rings. The van der Waals surface area contributed by atoms with Gasteiger partial charge in [-0.2, -0.15) is 5.10 Å². The van der Waals surface area contributed by atoms with Crippen LogP contribution in [0, 0.1) is 13.8 Å². The fourth-order valence-corrected chi connectivity index (χ4v) is 2.05. The van der Waals surface area contributed by atoms with Crippen molar-refractivity contribution in [2.75, 3.05) is 6.54 Å². The van der Waals surface area contributed by atoms with Crippen molar-refractivity contribution in [1.29, 1.82) is 0 Å². The first-order chi connectivity index (χ1) is 9.16. The first kappa shape index (κ1) is 13.3. The second-order valence-electron chi connectivity index (χ2n) is 4.67. The Morgan fingerprint density at radius 1 is 1.26 bits per heavy atom. The molecule has 4 nitrogen and oxygen atoms in total. The average Bonchev–Trinajstić information content (AvgIpc) is 2.72. The lowest BCUT2D eigenvalue weighted by molar-refractivity contribution is -0.120. The van der Waals surface area contributed by atoms with Crippen LogP contribution in [-0.4, -0.2) is 22.6 Å². The maximum atomic E-state index is 11.9. The Morgan fingerprint density at radius 3 is 2.63 bits per heavy atom. The number of hydrogen-bond donors (Lipinski definition) is 2. The van der Waals surface area contributed by atoms with Gasteiger partial charge in [0, 0.05) is 17.8 Å². The molecule has 0 atom stereocenters. The van der Waals surface area contributed by atoms with Crippen LogP contribution in [0.3, 0.4) is 0 Å². The molecular weight excluding hydrogens is 238 g/mol. The molecule has 0 aliphatic carbocycles. The number of hydrogen-bond acceptors (Lipinski definition) is 2. The quantitative estimate of drug-likeness (QED) is 0.860. The van der Waals surface area contributed by atoms with E-state index in [-0.39, 0.29) is 5.91 Å². The van der Waals surface area contributed by atoms with Gasteiger partial charge in [0.05, 0.1) is 12.1 Å². The first-order valence-electron chi connectivity index (χ1n) is 6.48. The summed E-state index contributed by atoms with van der Waals surface area (Å²) >= 11 is 0. The summed E-state index contributed by atoms with van der Waals surface area (Å²) < 4.78 is 0. The van der Waals surface area contributed by atoms with Crippen LogP contribution in [0.5, 0.6) is 0 Å². The first-order valence-corrected chi connectivity index (χ1v) is 6.48. The second kappa shape index (κ2) is 6.18. The molecule has 0 spiro atoms. The fourth-order valence-electron chi connectivity index (χ4n) is 2.05. The molecule has 0 unspecified atom stereocenters. The van der Waals surface area contributed by atoms with Crippen LogP contribution in [0.2, 0.25) is 0 Å². The second-order valence-corrected chi connectivity index (χ2v) is 4.67. The van der Waals surface area contributed by atoms with E-state index in [4.69, 9.17) is 0 Å². The summed E-state index contributed by atoms with van der Waals surface area (Å²) in [6, 6.07) is 10.1. The topological polar surface area (TPSA) is 57.8 Å². The molecule has 1 amide bonds. The highest BCUT2D eigenvalue weighted by molar-refractivity contribution is 5.79. The molecule has 100 valence electrons. The molecule has 2 rings (SSSR count). The number of carbonyl (C=O) groups is 1. The van der Waals surface area contributed by atoms with Crippen LogP contribution in [0.4, 0.5) is 0 Å². The molecule has 0 saturated carbocycles. The van der Waals surface area contributed by atoms with Gasteiger partial charge in [-0.25, -0.2) is 0 Å². The van der Waals surface area contributed by atoms with Crippen LogP contribution in [-0.2, 0) is 17.6 Å². The summed E-state index contributed by atoms with van der Waals surface area (Å²) in [6.45, 7) is 4.52. The van der Waals surface area contributed by atoms with E-state index in [1.807, 2.05) is 32.0 Å². The lowest BCUT2D eigenvalue weighted by Crippen LogP contribution is -2.27. The van der Waals surface area contributed by atoms with Crippen molar-refractivity contribution in [2.24, 2.45) is 0 Å². The molecule has 4 heteroatoms. The number of aromatic amines is 1.